The van der Waals surface area contributed by atoms with Crippen LogP contribution in [0, 0.1) is 0 Å². The van der Waals surface area contributed by atoms with Gasteiger partial charge in [0.1, 0.15) is 17.4 Å². The first kappa shape index (κ1) is 15.4. The number of methoxy groups -OCH3 is 1. The van der Waals surface area contributed by atoms with E-state index in [1.165, 1.54) is 0 Å². The highest BCUT2D eigenvalue weighted by Gasteiger charge is 2.35. The van der Waals surface area contributed by atoms with Gasteiger partial charge in [-0.3, -0.25) is 4.98 Å². The number of nitrogen functional groups attached to an aromatic ring is 1. The molecule has 2 heterocycles. The Hall–Kier alpha value is -2.50. The summed E-state index contributed by atoms with van der Waals surface area (Å²) >= 11 is 0. The molecule has 1 saturated heterocycles. The minimum atomic E-state index is -0.0703. The quantitative estimate of drug-likeness (QED) is 0.937. The Morgan fingerprint density at radius 3 is 2.65 bits per heavy atom. The Morgan fingerprint density at radius 1 is 1.17 bits per heavy atom. The molecule has 0 bridgehead atoms. The molecule has 0 saturated carbocycles. The molecule has 0 radical (unpaired) electrons. The Labute approximate surface area is 136 Å². The first-order chi connectivity index (χ1) is 11.0. The summed E-state index contributed by atoms with van der Waals surface area (Å²) in [6, 6.07) is 8.15. The third-order valence-corrected chi connectivity index (χ3v) is 4.24. The van der Waals surface area contributed by atoms with Gasteiger partial charge in [0.25, 0.3) is 0 Å². The van der Waals surface area contributed by atoms with E-state index in [1.54, 1.807) is 19.5 Å². The van der Waals surface area contributed by atoms with Crippen LogP contribution < -0.4 is 20.3 Å². The molecule has 23 heavy (non-hydrogen) atoms. The van der Waals surface area contributed by atoms with Crippen LogP contribution in [0.15, 0.2) is 36.7 Å². The highest BCUT2D eigenvalue weighted by atomic mass is 16.5. The lowest BCUT2D eigenvalue weighted by Crippen LogP contribution is -2.60. The van der Waals surface area contributed by atoms with Crippen LogP contribution in [0.5, 0.6) is 5.75 Å². The van der Waals surface area contributed by atoms with Crippen LogP contribution in [0.25, 0.3) is 0 Å². The van der Waals surface area contributed by atoms with Crippen molar-refractivity contribution in [1.82, 2.24) is 9.97 Å². The van der Waals surface area contributed by atoms with Gasteiger partial charge in [-0.2, -0.15) is 0 Å². The number of hydrogen-bond acceptors (Lipinski definition) is 6. The van der Waals surface area contributed by atoms with Gasteiger partial charge in [-0.05, 0) is 26.0 Å². The molecule has 1 aliphatic rings. The van der Waals surface area contributed by atoms with E-state index in [1.807, 2.05) is 18.2 Å². The second-order valence-corrected chi connectivity index (χ2v) is 6.36. The van der Waals surface area contributed by atoms with Crippen molar-refractivity contribution in [2.24, 2.45) is 0 Å². The maximum Gasteiger partial charge on any atom is 0.149 e. The van der Waals surface area contributed by atoms with Crippen LogP contribution in [-0.4, -0.2) is 42.3 Å². The molecule has 122 valence electrons. The van der Waals surface area contributed by atoms with Crippen molar-refractivity contribution in [1.29, 1.82) is 0 Å². The first-order valence-electron chi connectivity index (χ1n) is 7.74. The van der Waals surface area contributed by atoms with Crippen LogP contribution >= 0.6 is 0 Å². The molecule has 1 aromatic carbocycles. The zero-order valence-corrected chi connectivity index (χ0v) is 13.9. The van der Waals surface area contributed by atoms with Gasteiger partial charge in [0.15, 0.2) is 0 Å². The van der Waals surface area contributed by atoms with Crippen molar-refractivity contribution in [2.45, 2.75) is 19.4 Å². The summed E-state index contributed by atoms with van der Waals surface area (Å²) in [6.07, 6.45) is 3.34. The zero-order valence-electron chi connectivity index (χ0n) is 13.9. The minimum Gasteiger partial charge on any atom is -0.495 e. The lowest BCUT2D eigenvalue weighted by Gasteiger charge is -2.49. The van der Waals surface area contributed by atoms with E-state index < -0.39 is 0 Å². The van der Waals surface area contributed by atoms with E-state index in [4.69, 9.17) is 10.5 Å². The number of rotatable bonds is 3. The van der Waals surface area contributed by atoms with Crippen molar-refractivity contribution in [2.75, 3.05) is 42.3 Å². The number of hydrogen-bond donors (Lipinski definition) is 1. The van der Waals surface area contributed by atoms with Crippen molar-refractivity contribution < 1.29 is 4.74 Å². The predicted molar refractivity (Wildman–Crippen MR) is 93.1 cm³/mol. The lowest BCUT2D eigenvalue weighted by atomic mass is 9.97. The second kappa shape index (κ2) is 5.95. The molecule has 0 unspecified atom stereocenters. The smallest absolute Gasteiger partial charge is 0.149 e. The SMILES string of the molecule is COc1ccccc1N1CCN(c2cncc(N)n2)CC1(C)C. The molecule has 2 aromatic rings. The van der Waals surface area contributed by atoms with Gasteiger partial charge >= 0.3 is 0 Å². The maximum atomic E-state index is 5.76. The molecule has 0 aliphatic carbocycles. The van der Waals surface area contributed by atoms with Gasteiger partial charge in [0.2, 0.25) is 0 Å². The summed E-state index contributed by atoms with van der Waals surface area (Å²) in [6.45, 7) is 7.03. The van der Waals surface area contributed by atoms with Crippen molar-refractivity contribution >= 4 is 17.3 Å². The summed E-state index contributed by atoms with van der Waals surface area (Å²) in [7, 11) is 1.71. The van der Waals surface area contributed by atoms with E-state index >= 15 is 0 Å². The topological polar surface area (TPSA) is 67.5 Å². The van der Waals surface area contributed by atoms with Gasteiger partial charge < -0.3 is 20.3 Å². The lowest BCUT2D eigenvalue weighted by molar-refractivity contribution is 0.388. The van der Waals surface area contributed by atoms with Crippen molar-refractivity contribution in [3.8, 4) is 5.75 Å². The number of piperazine rings is 1. The van der Waals surface area contributed by atoms with Crippen LogP contribution in [0.1, 0.15) is 13.8 Å². The molecule has 2 N–H and O–H groups in total. The Bertz CT molecular complexity index is 688. The number of nitrogens with zero attached hydrogens (tertiary/aromatic N) is 4. The van der Waals surface area contributed by atoms with E-state index in [2.05, 4.69) is 39.7 Å². The normalized spacial score (nSPS) is 17.2. The summed E-state index contributed by atoms with van der Waals surface area (Å²) in [4.78, 5) is 13.2. The number of aromatic nitrogens is 2. The first-order valence-corrected chi connectivity index (χ1v) is 7.74. The largest absolute Gasteiger partial charge is 0.495 e. The summed E-state index contributed by atoms with van der Waals surface area (Å²) in [5.41, 5.74) is 6.82. The van der Waals surface area contributed by atoms with E-state index in [0.717, 1.165) is 36.9 Å². The molecule has 3 rings (SSSR count). The fourth-order valence-corrected chi connectivity index (χ4v) is 3.17. The third-order valence-electron chi connectivity index (χ3n) is 4.24. The molecule has 0 spiro atoms. The van der Waals surface area contributed by atoms with Crippen LogP contribution in [0.2, 0.25) is 0 Å². The minimum absolute atomic E-state index is 0.0703. The van der Waals surface area contributed by atoms with Gasteiger partial charge in [0.05, 0.1) is 30.7 Å². The Morgan fingerprint density at radius 2 is 1.96 bits per heavy atom. The van der Waals surface area contributed by atoms with Gasteiger partial charge in [0, 0.05) is 19.6 Å². The summed E-state index contributed by atoms with van der Waals surface area (Å²) in [5.74, 6) is 2.18. The molecular weight excluding hydrogens is 290 g/mol. The van der Waals surface area contributed by atoms with Gasteiger partial charge in [-0.15, -0.1) is 0 Å². The highest BCUT2D eigenvalue weighted by Crippen LogP contribution is 2.35. The Balaban J connectivity index is 1.86. The Kier molecular flexibility index (Phi) is 3.98. The maximum absolute atomic E-state index is 5.76. The fraction of sp³-hybridized carbons (Fsp3) is 0.412. The average molecular weight is 313 g/mol. The van der Waals surface area contributed by atoms with Gasteiger partial charge in [-0.1, -0.05) is 12.1 Å². The molecule has 6 heteroatoms. The second-order valence-electron chi connectivity index (χ2n) is 6.36. The number of anilines is 3. The summed E-state index contributed by atoms with van der Waals surface area (Å²) < 4.78 is 5.52. The van der Waals surface area contributed by atoms with Crippen LogP contribution in [0.4, 0.5) is 17.3 Å². The van der Waals surface area contributed by atoms with E-state index in [-0.39, 0.29) is 5.54 Å². The molecule has 6 nitrogen and oxygen atoms in total. The summed E-state index contributed by atoms with van der Waals surface area (Å²) in [5, 5.41) is 0. The number of ether oxygens (including phenoxy) is 1. The molecule has 0 amide bonds. The molecule has 1 fully saturated rings. The average Bonchev–Trinajstić information content (AvgIpc) is 2.54. The molecular formula is C17H23N5O. The zero-order chi connectivity index (χ0) is 16.4. The molecule has 1 aliphatic heterocycles. The van der Waals surface area contributed by atoms with Crippen molar-refractivity contribution in [3.63, 3.8) is 0 Å². The number of para-hydroxylation sites is 2. The fourth-order valence-electron chi connectivity index (χ4n) is 3.17. The molecule has 1 aromatic heterocycles. The number of benzene rings is 1. The monoisotopic (exact) mass is 313 g/mol. The molecule has 0 atom stereocenters. The third kappa shape index (κ3) is 3.02. The highest BCUT2D eigenvalue weighted by molar-refractivity contribution is 5.61. The van der Waals surface area contributed by atoms with Crippen LogP contribution in [0.3, 0.4) is 0 Å². The number of nitrogens with two attached hydrogens (primary N) is 1. The standard InChI is InChI=1S/C17H23N5O/c1-17(2)12-21(16-11-19-10-15(18)20-16)8-9-22(17)13-6-4-5-7-14(13)23-3/h4-7,10-11H,8-9,12H2,1-3H3,(H2,18,20). The van der Waals surface area contributed by atoms with Crippen molar-refractivity contribution in [3.05, 3.63) is 36.7 Å². The van der Waals surface area contributed by atoms with E-state index in [0.29, 0.717) is 5.82 Å². The van der Waals surface area contributed by atoms with E-state index in [9.17, 15) is 0 Å². The predicted octanol–water partition coefficient (Wildman–Crippen LogP) is 2.17. The van der Waals surface area contributed by atoms with Crippen LogP contribution in [-0.2, 0) is 0 Å². The van der Waals surface area contributed by atoms with Gasteiger partial charge in [-0.25, -0.2) is 4.98 Å².